The first-order valence-electron chi connectivity index (χ1n) is 5.54. The fourth-order valence-corrected chi connectivity index (χ4v) is 2.00. The molecule has 0 spiro atoms. The van der Waals surface area contributed by atoms with E-state index < -0.39 is 0 Å². The number of H-pyrrole nitrogens is 2. The Bertz CT molecular complexity index is 637. The van der Waals surface area contributed by atoms with Crippen molar-refractivity contribution < 1.29 is 0 Å². The van der Waals surface area contributed by atoms with E-state index in [1.807, 2.05) is 18.3 Å². The topological polar surface area (TPSA) is 83.4 Å². The van der Waals surface area contributed by atoms with Crippen LogP contribution in [0, 0.1) is 0 Å². The fourth-order valence-electron chi connectivity index (χ4n) is 2.00. The van der Waals surface area contributed by atoms with Crippen LogP contribution < -0.4 is 5.73 Å². The SMILES string of the molecule is NCCc1[nH]ncc1-c1ccc2nc[nH]c2c1. The normalized spacial score (nSPS) is 11.1. The van der Waals surface area contributed by atoms with Crippen molar-refractivity contribution in [1.82, 2.24) is 20.2 Å². The molecule has 0 unspecified atom stereocenters. The van der Waals surface area contributed by atoms with Crippen LogP contribution in [0.1, 0.15) is 5.69 Å². The number of benzene rings is 1. The van der Waals surface area contributed by atoms with Crippen molar-refractivity contribution in [2.24, 2.45) is 5.73 Å². The van der Waals surface area contributed by atoms with Crippen LogP contribution in [0.4, 0.5) is 0 Å². The van der Waals surface area contributed by atoms with Crippen LogP contribution in [-0.4, -0.2) is 26.7 Å². The van der Waals surface area contributed by atoms with Gasteiger partial charge < -0.3 is 10.7 Å². The summed E-state index contributed by atoms with van der Waals surface area (Å²) < 4.78 is 0. The number of fused-ring (bicyclic) bond motifs is 1. The summed E-state index contributed by atoms with van der Waals surface area (Å²) in [5.74, 6) is 0. The van der Waals surface area contributed by atoms with E-state index >= 15 is 0 Å². The second-order valence-corrected chi connectivity index (χ2v) is 3.94. The summed E-state index contributed by atoms with van der Waals surface area (Å²) in [5, 5.41) is 7.07. The Balaban J connectivity index is 2.09. The van der Waals surface area contributed by atoms with E-state index in [2.05, 4.69) is 26.2 Å². The zero-order chi connectivity index (χ0) is 11.7. The molecular formula is C12H13N5. The number of nitrogens with one attached hydrogen (secondary N) is 2. The van der Waals surface area contributed by atoms with Gasteiger partial charge in [-0.05, 0) is 24.2 Å². The van der Waals surface area contributed by atoms with Crippen LogP contribution in [0.5, 0.6) is 0 Å². The van der Waals surface area contributed by atoms with Gasteiger partial charge in [0.15, 0.2) is 0 Å². The molecule has 0 fully saturated rings. The van der Waals surface area contributed by atoms with Crippen molar-refractivity contribution in [1.29, 1.82) is 0 Å². The van der Waals surface area contributed by atoms with E-state index in [1.54, 1.807) is 6.33 Å². The van der Waals surface area contributed by atoms with Crippen molar-refractivity contribution in [3.8, 4) is 11.1 Å². The van der Waals surface area contributed by atoms with E-state index in [1.165, 1.54) is 0 Å². The molecule has 0 amide bonds. The lowest BCUT2D eigenvalue weighted by Gasteiger charge is -2.02. The van der Waals surface area contributed by atoms with Gasteiger partial charge in [-0.1, -0.05) is 6.07 Å². The van der Waals surface area contributed by atoms with Gasteiger partial charge in [0.1, 0.15) is 0 Å². The number of hydrogen-bond donors (Lipinski definition) is 3. The minimum atomic E-state index is 0.613. The maximum absolute atomic E-state index is 5.58. The molecule has 0 bridgehead atoms. The summed E-state index contributed by atoms with van der Waals surface area (Å²) in [6, 6.07) is 6.13. The molecule has 5 heteroatoms. The highest BCUT2D eigenvalue weighted by atomic mass is 15.1. The maximum atomic E-state index is 5.58. The van der Waals surface area contributed by atoms with Crippen molar-refractivity contribution in [3.63, 3.8) is 0 Å². The van der Waals surface area contributed by atoms with Crippen LogP contribution >= 0.6 is 0 Å². The van der Waals surface area contributed by atoms with E-state index in [9.17, 15) is 0 Å². The number of aromatic nitrogens is 4. The third kappa shape index (κ3) is 1.70. The van der Waals surface area contributed by atoms with Crippen LogP contribution in [0.25, 0.3) is 22.2 Å². The number of imidazole rings is 1. The van der Waals surface area contributed by atoms with E-state index in [-0.39, 0.29) is 0 Å². The van der Waals surface area contributed by atoms with Crippen molar-refractivity contribution in [2.45, 2.75) is 6.42 Å². The number of nitrogens with two attached hydrogens (primary N) is 1. The van der Waals surface area contributed by atoms with Crippen LogP contribution in [-0.2, 0) is 6.42 Å². The summed E-state index contributed by atoms with van der Waals surface area (Å²) in [5.41, 5.74) is 10.9. The zero-order valence-electron chi connectivity index (χ0n) is 9.27. The lowest BCUT2D eigenvalue weighted by atomic mass is 10.0. The molecule has 0 atom stereocenters. The molecule has 3 rings (SSSR count). The molecule has 2 aromatic heterocycles. The van der Waals surface area contributed by atoms with Crippen molar-refractivity contribution in [2.75, 3.05) is 6.54 Å². The molecular weight excluding hydrogens is 214 g/mol. The molecule has 3 aromatic rings. The predicted molar refractivity (Wildman–Crippen MR) is 66.4 cm³/mol. The Hall–Kier alpha value is -2.14. The Labute approximate surface area is 98.1 Å². The van der Waals surface area contributed by atoms with Crippen LogP contribution in [0.15, 0.2) is 30.7 Å². The highest BCUT2D eigenvalue weighted by Crippen LogP contribution is 2.24. The van der Waals surface area contributed by atoms with Crippen LogP contribution in [0.3, 0.4) is 0 Å². The smallest absolute Gasteiger partial charge is 0.0931 e. The van der Waals surface area contributed by atoms with Gasteiger partial charge in [-0.25, -0.2) is 4.98 Å². The molecule has 0 radical (unpaired) electrons. The van der Waals surface area contributed by atoms with E-state index in [4.69, 9.17) is 5.73 Å². The zero-order valence-corrected chi connectivity index (χ0v) is 9.27. The Morgan fingerprint density at radius 1 is 1.29 bits per heavy atom. The maximum Gasteiger partial charge on any atom is 0.0931 e. The third-order valence-electron chi connectivity index (χ3n) is 2.84. The molecule has 0 aliphatic heterocycles. The molecule has 86 valence electrons. The average molecular weight is 227 g/mol. The second-order valence-electron chi connectivity index (χ2n) is 3.94. The first-order chi connectivity index (χ1) is 8.38. The number of nitrogens with zero attached hydrogens (tertiary/aromatic N) is 2. The van der Waals surface area contributed by atoms with Gasteiger partial charge in [-0.15, -0.1) is 0 Å². The summed E-state index contributed by atoms with van der Waals surface area (Å²) in [7, 11) is 0. The van der Waals surface area contributed by atoms with Gasteiger partial charge in [0, 0.05) is 17.7 Å². The number of rotatable bonds is 3. The predicted octanol–water partition coefficient (Wildman–Crippen LogP) is 1.45. The molecule has 2 heterocycles. The molecule has 0 aliphatic rings. The second kappa shape index (κ2) is 4.03. The summed E-state index contributed by atoms with van der Waals surface area (Å²) in [4.78, 5) is 7.31. The summed E-state index contributed by atoms with van der Waals surface area (Å²) in [6.07, 6.45) is 4.34. The average Bonchev–Trinajstić information content (AvgIpc) is 2.96. The highest BCUT2D eigenvalue weighted by Gasteiger charge is 2.08. The summed E-state index contributed by atoms with van der Waals surface area (Å²) >= 11 is 0. The van der Waals surface area contributed by atoms with Gasteiger partial charge in [0.2, 0.25) is 0 Å². The molecule has 1 aromatic carbocycles. The van der Waals surface area contributed by atoms with Gasteiger partial charge in [0.25, 0.3) is 0 Å². The fraction of sp³-hybridized carbons (Fsp3) is 0.167. The quantitative estimate of drug-likeness (QED) is 0.633. The van der Waals surface area contributed by atoms with Gasteiger partial charge >= 0.3 is 0 Å². The molecule has 0 aliphatic carbocycles. The largest absolute Gasteiger partial charge is 0.345 e. The highest BCUT2D eigenvalue weighted by molar-refractivity contribution is 5.81. The molecule has 5 nitrogen and oxygen atoms in total. The number of aromatic amines is 2. The molecule has 4 N–H and O–H groups in total. The monoisotopic (exact) mass is 227 g/mol. The van der Waals surface area contributed by atoms with Gasteiger partial charge in [-0.3, -0.25) is 5.10 Å². The van der Waals surface area contributed by atoms with E-state index in [0.717, 1.165) is 34.3 Å². The molecule has 0 saturated heterocycles. The van der Waals surface area contributed by atoms with Crippen molar-refractivity contribution >= 4 is 11.0 Å². The van der Waals surface area contributed by atoms with Gasteiger partial charge in [0.05, 0.1) is 23.6 Å². The van der Waals surface area contributed by atoms with Crippen molar-refractivity contribution in [3.05, 3.63) is 36.4 Å². The lowest BCUT2D eigenvalue weighted by molar-refractivity contribution is 0.902. The summed E-state index contributed by atoms with van der Waals surface area (Å²) in [6.45, 7) is 0.613. The molecule has 17 heavy (non-hydrogen) atoms. The third-order valence-corrected chi connectivity index (χ3v) is 2.84. The first kappa shape index (κ1) is 10.0. The Kier molecular flexibility index (Phi) is 2.38. The Morgan fingerprint density at radius 2 is 2.24 bits per heavy atom. The lowest BCUT2D eigenvalue weighted by Crippen LogP contribution is -2.03. The Morgan fingerprint density at radius 3 is 3.12 bits per heavy atom. The van der Waals surface area contributed by atoms with Gasteiger partial charge in [-0.2, -0.15) is 5.10 Å². The standard InChI is InChI=1S/C12H13N5/c13-4-3-10-9(6-16-17-10)8-1-2-11-12(5-8)15-7-14-11/h1-2,5-7H,3-4,13H2,(H,14,15)(H,16,17). The first-order valence-corrected chi connectivity index (χ1v) is 5.54. The number of hydrogen-bond acceptors (Lipinski definition) is 3. The van der Waals surface area contributed by atoms with E-state index in [0.29, 0.717) is 6.54 Å². The van der Waals surface area contributed by atoms with Crippen LogP contribution in [0.2, 0.25) is 0 Å². The minimum Gasteiger partial charge on any atom is -0.345 e. The molecule has 0 saturated carbocycles. The minimum absolute atomic E-state index is 0.613.